The van der Waals surface area contributed by atoms with Crippen molar-refractivity contribution in [3.63, 3.8) is 0 Å². The van der Waals surface area contributed by atoms with Gasteiger partial charge in [-0.05, 0) is 43.7 Å². The number of anilines is 1. The minimum Gasteiger partial charge on any atom is -0.459 e. The van der Waals surface area contributed by atoms with Crippen molar-refractivity contribution in [2.24, 2.45) is 4.99 Å². The van der Waals surface area contributed by atoms with Gasteiger partial charge in [-0.1, -0.05) is 30.3 Å². The number of para-hydroxylation sites is 1. The molecule has 2 aromatic carbocycles. The molecule has 0 saturated heterocycles. The van der Waals surface area contributed by atoms with E-state index in [9.17, 15) is 4.79 Å². The van der Waals surface area contributed by atoms with Gasteiger partial charge in [-0.3, -0.25) is 9.48 Å². The van der Waals surface area contributed by atoms with Crippen LogP contribution in [0.5, 0.6) is 0 Å². The number of carbonyl (C=O) groups excluding carboxylic acids is 1. The van der Waals surface area contributed by atoms with E-state index in [1.807, 2.05) is 49.4 Å². The number of hydrogen-bond acceptors (Lipinski definition) is 4. The molecule has 0 unspecified atom stereocenters. The van der Waals surface area contributed by atoms with Crippen LogP contribution < -0.4 is 16.0 Å². The van der Waals surface area contributed by atoms with Gasteiger partial charge in [0, 0.05) is 35.6 Å². The Morgan fingerprint density at radius 2 is 1.97 bits per heavy atom. The van der Waals surface area contributed by atoms with Crippen LogP contribution in [0.15, 0.2) is 76.4 Å². The van der Waals surface area contributed by atoms with Crippen LogP contribution in [0.2, 0.25) is 0 Å². The predicted octanol–water partition coefficient (Wildman–Crippen LogP) is 4.45. The molecule has 0 radical (unpaired) electrons. The third kappa shape index (κ3) is 6.60. The summed E-state index contributed by atoms with van der Waals surface area (Å²) in [5.74, 6) is 1.46. The molecule has 178 valence electrons. The second-order valence-corrected chi connectivity index (χ2v) is 7.65. The van der Waals surface area contributed by atoms with E-state index in [0.717, 1.165) is 40.1 Å². The Labute approximate surface area is 215 Å². The number of guanidine groups is 1. The van der Waals surface area contributed by atoms with Crippen molar-refractivity contribution in [3.05, 3.63) is 83.9 Å². The fourth-order valence-corrected chi connectivity index (χ4v) is 3.56. The van der Waals surface area contributed by atoms with Gasteiger partial charge in [-0.2, -0.15) is 5.10 Å². The number of carbonyl (C=O) groups is 1. The van der Waals surface area contributed by atoms with Crippen molar-refractivity contribution < 1.29 is 9.21 Å². The largest absolute Gasteiger partial charge is 0.459 e. The molecule has 2 heterocycles. The SMILES string of the molecule is CCNC(=NCc1cccc(NC(=O)Cn2cccn2)c1)NCc1oc2ccccc2c1C.I. The van der Waals surface area contributed by atoms with Gasteiger partial charge < -0.3 is 20.4 Å². The highest BCUT2D eigenvalue weighted by atomic mass is 127. The summed E-state index contributed by atoms with van der Waals surface area (Å²) in [6.07, 6.45) is 3.41. The van der Waals surface area contributed by atoms with Gasteiger partial charge in [0.25, 0.3) is 0 Å². The maximum atomic E-state index is 12.2. The molecule has 0 aliphatic carbocycles. The number of fused-ring (bicyclic) bond motifs is 1. The van der Waals surface area contributed by atoms with Gasteiger partial charge >= 0.3 is 0 Å². The Hall–Kier alpha value is -3.34. The smallest absolute Gasteiger partial charge is 0.246 e. The molecule has 8 nitrogen and oxygen atoms in total. The minimum atomic E-state index is -0.129. The molecule has 0 spiro atoms. The number of amides is 1. The van der Waals surface area contributed by atoms with Gasteiger partial charge in [0.15, 0.2) is 5.96 Å². The Bertz CT molecular complexity index is 1250. The first kappa shape index (κ1) is 25.3. The fraction of sp³-hybridized carbons (Fsp3) is 0.240. The zero-order valence-corrected chi connectivity index (χ0v) is 21.6. The number of furan rings is 1. The number of nitrogens with zero attached hydrogens (tertiary/aromatic N) is 3. The number of halogens is 1. The van der Waals surface area contributed by atoms with E-state index in [2.05, 4.69) is 39.0 Å². The summed E-state index contributed by atoms with van der Waals surface area (Å²) in [5.41, 5.74) is 3.74. The number of aryl methyl sites for hydroxylation is 1. The molecule has 0 saturated carbocycles. The molecule has 0 aliphatic rings. The average Bonchev–Trinajstić information content (AvgIpc) is 3.44. The second kappa shape index (κ2) is 12.2. The van der Waals surface area contributed by atoms with Crippen LogP contribution in [0.1, 0.15) is 23.8 Å². The van der Waals surface area contributed by atoms with Crippen molar-refractivity contribution in [1.82, 2.24) is 20.4 Å². The summed E-state index contributed by atoms with van der Waals surface area (Å²) < 4.78 is 7.57. The van der Waals surface area contributed by atoms with Gasteiger partial charge in [-0.15, -0.1) is 24.0 Å². The molecule has 0 atom stereocenters. The molecule has 9 heteroatoms. The summed E-state index contributed by atoms with van der Waals surface area (Å²) in [5, 5.41) is 14.7. The molecule has 4 rings (SSSR count). The predicted molar refractivity (Wildman–Crippen MR) is 145 cm³/mol. The van der Waals surface area contributed by atoms with E-state index < -0.39 is 0 Å². The lowest BCUT2D eigenvalue weighted by molar-refractivity contribution is -0.116. The number of rotatable bonds is 8. The quantitative estimate of drug-likeness (QED) is 0.165. The highest BCUT2D eigenvalue weighted by molar-refractivity contribution is 14.0. The molecule has 0 fully saturated rings. The summed E-state index contributed by atoms with van der Waals surface area (Å²) in [7, 11) is 0. The van der Waals surface area contributed by atoms with Gasteiger partial charge in [0.1, 0.15) is 17.9 Å². The number of benzene rings is 2. The molecular formula is C25H29IN6O2. The molecule has 0 bridgehead atoms. The molecule has 2 aromatic heterocycles. The Morgan fingerprint density at radius 3 is 2.74 bits per heavy atom. The number of aliphatic imine (C=N–C) groups is 1. The van der Waals surface area contributed by atoms with Gasteiger partial charge in [-0.25, -0.2) is 4.99 Å². The van der Waals surface area contributed by atoms with Crippen molar-refractivity contribution in [2.75, 3.05) is 11.9 Å². The maximum Gasteiger partial charge on any atom is 0.246 e. The lowest BCUT2D eigenvalue weighted by Crippen LogP contribution is -2.36. The Kier molecular flexibility index (Phi) is 9.08. The van der Waals surface area contributed by atoms with E-state index in [-0.39, 0.29) is 36.4 Å². The average molecular weight is 572 g/mol. The molecule has 0 aliphatic heterocycles. The molecule has 34 heavy (non-hydrogen) atoms. The van der Waals surface area contributed by atoms with Crippen LogP contribution in [-0.4, -0.2) is 28.2 Å². The highest BCUT2D eigenvalue weighted by Gasteiger charge is 2.10. The minimum absolute atomic E-state index is 0. The van der Waals surface area contributed by atoms with Crippen LogP contribution in [0.3, 0.4) is 0 Å². The van der Waals surface area contributed by atoms with Gasteiger partial charge in [0.05, 0.1) is 13.1 Å². The zero-order valence-electron chi connectivity index (χ0n) is 19.2. The normalized spacial score (nSPS) is 11.2. The topological polar surface area (TPSA) is 96.5 Å². The van der Waals surface area contributed by atoms with E-state index in [4.69, 9.17) is 4.42 Å². The lowest BCUT2D eigenvalue weighted by atomic mass is 10.1. The Morgan fingerprint density at radius 1 is 1.12 bits per heavy atom. The lowest BCUT2D eigenvalue weighted by Gasteiger charge is -2.11. The van der Waals surface area contributed by atoms with Crippen LogP contribution in [0.4, 0.5) is 5.69 Å². The second-order valence-electron chi connectivity index (χ2n) is 7.65. The van der Waals surface area contributed by atoms with Crippen molar-refractivity contribution in [3.8, 4) is 0 Å². The van der Waals surface area contributed by atoms with E-state index in [0.29, 0.717) is 19.0 Å². The summed E-state index contributed by atoms with van der Waals surface area (Å²) in [6, 6.07) is 17.5. The maximum absolute atomic E-state index is 12.2. The van der Waals surface area contributed by atoms with Crippen LogP contribution in [-0.2, 0) is 24.4 Å². The first-order chi connectivity index (χ1) is 16.1. The standard InChI is InChI=1S/C25H28N6O2.HI/c1-3-26-25(28-16-23-18(2)21-10-4-5-11-22(21)33-23)27-15-19-8-6-9-20(14-19)30-24(32)17-31-13-7-12-29-31;/h4-14H,3,15-17H2,1-2H3,(H,30,32)(H2,26,27,28);1H. The third-order valence-corrected chi connectivity index (χ3v) is 5.20. The summed E-state index contributed by atoms with van der Waals surface area (Å²) in [4.78, 5) is 16.9. The number of aromatic nitrogens is 2. The number of hydrogen-bond donors (Lipinski definition) is 3. The highest BCUT2D eigenvalue weighted by Crippen LogP contribution is 2.24. The molecule has 3 N–H and O–H groups in total. The summed E-state index contributed by atoms with van der Waals surface area (Å²) >= 11 is 0. The first-order valence-corrected chi connectivity index (χ1v) is 11.0. The van der Waals surface area contributed by atoms with Crippen molar-refractivity contribution in [2.45, 2.75) is 33.5 Å². The van der Waals surface area contributed by atoms with Crippen molar-refractivity contribution in [1.29, 1.82) is 0 Å². The van der Waals surface area contributed by atoms with Crippen LogP contribution >= 0.6 is 24.0 Å². The summed E-state index contributed by atoms with van der Waals surface area (Å²) in [6.45, 7) is 6.02. The van der Waals surface area contributed by atoms with E-state index in [1.165, 1.54) is 0 Å². The molecular weight excluding hydrogens is 543 g/mol. The van der Waals surface area contributed by atoms with E-state index >= 15 is 0 Å². The third-order valence-electron chi connectivity index (χ3n) is 5.20. The zero-order chi connectivity index (χ0) is 23.0. The molecule has 1 amide bonds. The van der Waals surface area contributed by atoms with E-state index in [1.54, 1.807) is 23.1 Å². The number of nitrogens with one attached hydrogen (secondary N) is 3. The first-order valence-electron chi connectivity index (χ1n) is 11.0. The fourth-order valence-electron chi connectivity index (χ4n) is 3.56. The van der Waals surface area contributed by atoms with Crippen LogP contribution in [0, 0.1) is 6.92 Å². The van der Waals surface area contributed by atoms with Crippen LogP contribution in [0.25, 0.3) is 11.0 Å². The van der Waals surface area contributed by atoms with Crippen molar-refractivity contribution >= 4 is 52.5 Å². The molecule has 4 aromatic rings. The Balaban J connectivity index is 0.00000324. The monoisotopic (exact) mass is 572 g/mol. The van der Waals surface area contributed by atoms with Gasteiger partial charge in [0.2, 0.25) is 5.91 Å².